The second-order valence-corrected chi connectivity index (χ2v) is 12.5. The quantitative estimate of drug-likeness (QED) is 0.361. The van der Waals surface area contributed by atoms with Crippen LogP contribution in [0.5, 0.6) is 0 Å². The summed E-state index contributed by atoms with van der Waals surface area (Å²) in [6.07, 6.45) is 3.19. The van der Waals surface area contributed by atoms with Crippen molar-refractivity contribution < 1.29 is 23.2 Å². The van der Waals surface area contributed by atoms with E-state index in [2.05, 4.69) is 15.6 Å². The predicted molar refractivity (Wildman–Crippen MR) is 164 cm³/mol. The minimum atomic E-state index is -1.91. The maximum atomic E-state index is 14.8. The molecule has 0 radical (unpaired) electrons. The first-order valence-electron chi connectivity index (χ1n) is 14.3. The molecule has 7 nitrogen and oxygen atoms in total. The highest BCUT2D eigenvalue weighted by Gasteiger charge is 2.53. The number of amides is 3. The largest absolute Gasteiger partial charge is 0.350 e. The molecular formula is C30H44F2N4O3S2. The number of alkyl halides is 1. The van der Waals surface area contributed by atoms with Gasteiger partial charge in [-0.3, -0.25) is 14.4 Å². The van der Waals surface area contributed by atoms with E-state index < -0.39 is 40.1 Å². The van der Waals surface area contributed by atoms with Gasteiger partial charge in [0.15, 0.2) is 5.67 Å². The molecule has 1 aliphatic heterocycles. The second kappa shape index (κ2) is 15.1. The number of aromatic nitrogens is 1. The van der Waals surface area contributed by atoms with E-state index in [0.717, 1.165) is 16.1 Å². The van der Waals surface area contributed by atoms with Crippen LogP contribution in [-0.2, 0) is 20.9 Å². The second-order valence-electron chi connectivity index (χ2n) is 10.2. The summed E-state index contributed by atoms with van der Waals surface area (Å²) in [5.41, 5.74) is 1.69. The summed E-state index contributed by atoms with van der Waals surface area (Å²) < 4.78 is 28.5. The molecule has 2 N–H and O–H groups in total. The van der Waals surface area contributed by atoms with Gasteiger partial charge in [-0.05, 0) is 64.3 Å². The standard InChI is InChI=1S/C26H32F2N4O3S2.2C2H6/c1-15-20(37-14-30-15)16-7-8-17(18(27)12-16)13-29-22(33)19-6-5-11-32(19)23(34)21(25(2,3)36-4)31-24(35)26(28)9-10-26;2*1-2/h7-8,12,14,19,21H,5-6,9-11,13H2,1-4H3,(H,29,33)(H,31,35);2*1-2H3. The average Bonchev–Trinajstić information content (AvgIpc) is 3.34. The van der Waals surface area contributed by atoms with Crippen LogP contribution in [-0.4, -0.2) is 62.9 Å². The fourth-order valence-corrected chi connectivity index (χ4v) is 5.63. The van der Waals surface area contributed by atoms with Crippen molar-refractivity contribution in [2.24, 2.45) is 0 Å². The zero-order valence-electron chi connectivity index (χ0n) is 25.4. The normalized spacial score (nSPS) is 17.8. The number of thiazole rings is 1. The van der Waals surface area contributed by atoms with Gasteiger partial charge in [-0.25, -0.2) is 13.8 Å². The molecule has 11 heteroatoms. The number of hydrogen-bond donors (Lipinski definition) is 2. The van der Waals surface area contributed by atoms with Gasteiger partial charge in [-0.2, -0.15) is 11.8 Å². The Kier molecular flexibility index (Phi) is 12.8. The minimum Gasteiger partial charge on any atom is -0.350 e. The Labute approximate surface area is 251 Å². The van der Waals surface area contributed by atoms with Crippen molar-refractivity contribution in [2.45, 2.75) is 103 Å². The molecule has 1 saturated heterocycles. The zero-order valence-corrected chi connectivity index (χ0v) is 27.0. The summed E-state index contributed by atoms with van der Waals surface area (Å²) in [6, 6.07) is 3.14. The molecule has 0 spiro atoms. The van der Waals surface area contributed by atoms with Gasteiger partial charge in [0.05, 0.1) is 16.1 Å². The molecule has 1 aliphatic carbocycles. The number of benzene rings is 1. The van der Waals surface area contributed by atoms with Crippen LogP contribution in [0.4, 0.5) is 8.78 Å². The van der Waals surface area contributed by atoms with Crippen LogP contribution in [0.15, 0.2) is 23.7 Å². The van der Waals surface area contributed by atoms with Crippen LogP contribution >= 0.6 is 23.1 Å². The molecule has 2 aliphatic rings. The van der Waals surface area contributed by atoms with E-state index in [4.69, 9.17) is 0 Å². The highest BCUT2D eigenvalue weighted by atomic mass is 32.2. The third-order valence-corrected chi connectivity index (χ3v) is 9.46. The first kappa shape index (κ1) is 34.7. The number of carbonyl (C=O) groups excluding carboxylic acids is 3. The lowest BCUT2D eigenvalue weighted by molar-refractivity contribution is -0.143. The molecule has 2 aromatic rings. The van der Waals surface area contributed by atoms with Gasteiger partial charge in [-0.15, -0.1) is 11.3 Å². The lowest BCUT2D eigenvalue weighted by Gasteiger charge is -2.36. The molecule has 1 saturated carbocycles. The van der Waals surface area contributed by atoms with Crippen LogP contribution in [0.3, 0.4) is 0 Å². The number of hydrogen-bond acceptors (Lipinski definition) is 6. The van der Waals surface area contributed by atoms with Gasteiger partial charge in [0.1, 0.15) is 17.9 Å². The molecule has 2 unspecified atom stereocenters. The first-order valence-corrected chi connectivity index (χ1v) is 16.4. The fourth-order valence-electron chi connectivity index (χ4n) is 4.43. The van der Waals surface area contributed by atoms with E-state index in [1.807, 2.05) is 54.7 Å². The Balaban J connectivity index is 0.00000141. The Morgan fingerprint density at radius 3 is 2.41 bits per heavy atom. The summed E-state index contributed by atoms with van der Waals surface area (Å²) in [6.45, 7) is 13.8. The number of nitrogens with zero attached hydrogens (tertiary/aromatic N) is 2. The molecule has 41 heavy (non-hydrogen) atoms. The van der Waals surface area contributed by atoms with E-state index in [1.165, 1.54) is 34.1 Å². The van der Waals surface area contributed by atoms with Crippen LogP contribution in [0.25, 0.3) is 10.4 Å². The van der Waals surface area contributed by atoms with Gasteiger partial charge in [-0.1, -0.05) is 39.8 Å². The summed E-state index contributed by atoms with van der Waals surface area (Å²) in [5.74, 6) is -2.01. The highest BCUT2D eigenvalue weighted by Crippen LogP contribution is 2.40. The smallest absolute Gasteiger partial charge is 0.258 e. The van der Waals surface area contributed by atoms with Crippen molar-refractivity contribution in [3.05, 3.63) is 40.8 Å². The summed E-state index contributed by atoms with van der Waals surface area (Å²) in [7, 11) is 0. The molecule has 228 valence electrons. The van der Waals surface area contributed by atoms with Crippen LogP contribution in [0.2, 0.25) is 0 Å². The number of rotatable bonds is 9. The number of aryl methyl sites for hydroxylation is 1. The van der Waals surface area contributed by atoms with Crippen molar-refractivity contribution >= 4 is 40.8 Å². The Morgan fingerprint density at radius 2 is 1.88 bits per heavy atom. The maximum absolute atomic E-state index is 14.8. The minimum absolute atomic E-state index is 0.0218. The number of halogens is 2. The van der Waals surface area contributed by atoms with Crippen molar-refractivity contribution in [2.75, 3.05) is 12.8 Å². The van der Waals surface area contributed by atoms with Crippen molar-refractivity contribution in [1.29, 1.82) is 0 Å². The SMILES string of the molecule is CC.CC.CSC(C)(C)C(NC(=O)C1(F)CC1)C(=O)N1CCCC1C(=O)NCc1ccc(-c2scnc2C)cc1F. The number of thioether (sulfide) groups is 1. The van der Waals surface area contributed by atoms with Gasteiger partial charge in [0.25, 0.3) is 5.91 Å². The van der Waals surface area contributed by atoms with E-state index in [0.29, 0.717) is 24.9 Å². The molecule has 3 amide bonds. The predicted octanol–water partition coefficient (Wildman–Crippen LogP) is 6.05. The third kappa shape index (κ3) is 8.28. The number of carbonyl (C=O) groups is 3. The van der Waals surface area contributed by atoms with E-state index in [9.17, 15) is 23.2 Å². The number of likely N-dealkylation sites (tertiary alicyclic amines) is 1. The Hall–Kier alpha value is -2.53. The molecular weight excluding hydrogens is 566 g/mol. The zero-order chi connectivity index (χ0) is 31.0. The van der Waals surface area contributed by atoms with Gasteiger partial charge in [0, 0.05) is 23.4 Å². The fraction of sp³-hybridized carbons (Fsp3) is 0.600. The molecule has 1 aromatic heterocycles. The first-order chi connectivity index (χ1) is 19.5. The molecule has 2 heterocycles. The van der Waals surface area contributed by atoms with Crippen LogP contribution in [0, 0.1) is 12.7 Å². The third-order valence-electron chi connectivity index (χ3n) is 7.19. The molecule has 4 rings (SSSR count). The Morgan fingerprint density at radius 1 is 1.22 bits per heavy atom. The molecule has 2 fully saturated rings. The van der Waals surface area contributed by atoms with Crippen molar-refractivity contribution in [3.63, 3.8) is 0 Å². The van der Waals surface area contributed by atoms with E-state index in [-0.39, 0.29) is 25.3 Å². The highest BCUT2D eigenvalue weighted by molar-refractivity contribution is 8.00. The molecule has 0 bridgehead atoms. The molecule has 1 aromatic carbocycles. The van der Waals surface area contributed by atoms with E-state index in [1.54, 1.807) is 17.6 Å². The number of nitrogens with one attached hydrogen (secondary N) is 2. The lowest BCUT2D eigenvalue weighted by Crippen LogP contribution is -2.60. The maximum Gasteiger partial charge on any atom is 0.258 e. The molecule has 2 atom stereocenters. The van der Waals surface area contributed by atoms with Crippen molar-refractivity contribution in [3.8, 4) is 10.4 Å². The van der Waals surface area contributed by atoms with Gasteiger partial charge in [0.2, 0.25) is 11.8 Å². The topological polar surface area (TPSA) is 91.4 Å². The van der Waals surface area contributed by atoms with E-state index >= 15 is 0 Å². The van der Waals surface area contributed by atoms with Gasteiger partial charge < -0.3 is 15.5 Å². The summed E-state index contributed by atoms with van der Waals surface area (Å²) in [5, 5.41) is 5.39. The average molecular weight is 611 g/mol. The Bertz CT molecular complexity index is 1200. The van der Waals surface area contributed by atoms with Gasteiger partial charge >= 0.3 is 0 Å². The van der Waals surface area contributed by atoms with Crippen molar-refractivity contribution in [1.82, 2.24) is 20.5 Å². The van der Waals surface area contributed by atoms with Crippen LogP contribution in [0.1, 0.15) is 78.5 Å². The van der Waals surface area contributed by atoms with Crippen LogP contribution < -0.4 is 10.6 Å². The lowest BCUT2D eigenvalue weighted by atomic mass is 10.00. The summed E-state index contributed by atoms with van der Waals surface area (Å²) >= 11 is 2.82. The monoisotopic (exact) mass is 610 g/mol. The summed E-state index contributed by atoms with van der Waals surface area (Å²) in [4.78, 5) is 45.7.